The first-order valence-corrected chi connectivity index (χ1v) is 10.7. The smallest absolute Gasteiger partial charge is 0.326 e. The number of nitrogens with one attached hydrogen (secondary N) is 2. The van der Waals surface area contributed by atoms with Gasteiger partial charge in [0, 0.05) is 12.3 Å². The van der Waals surface area contributed by atoms with Crippen LogP contribution in [0.15, 0.2) is 0 Å². The average Bonchev–Trinajstić information content (AvgIpc) is 3.19. The third kappa shape index (κ3) is 7.42. The number of rotatable bonds is 12. The molecule has 0 aromatic rings. The van der Waals surface area contributed by atoms with Crippen LogP contribution in [0.5, 0.6) is 0 Å². The Morgan fingerprint density at radius 3 is 2.40 bits per heavy atom. The quantitative estimate of drug-likeness (QED) is 0.130. The third-order valence-electron chi connectivity index (χ3n) is 5.02. The Hall–Kier alpha value is -1.89. The third-order valence-corrected chi connectivity index (χ3v) is 5.39. The maximum absolute atomic E-state index is 12.7. The van der Waals surface area contributed by atoms with Crippen LogP contribution in [-0.2, 0) is 19.2 Å². The van der Waals surface area contributed by atoms with Crippen molar-refractivity contribution in [3.05, 3.63) is 0 Å². The molecule has 0 aliphatic carbocycles. The lowest BCUT2D eigenvalue weighted by atomic mass is 10.1. The van der Waals surface area contributed by atoms with E-state index in [1.165, 1.54) is 11.8 Å². The number of amides is 3. The molecule has 30 heavy (non-hydrogen) atoms. The molecule has 1 aliphatic rings. The number of carboxylic acid groups (broad SMARTS) is 1. The molecule has 1 heterocycles. The molecular formula is C18H33N5O6S. The van der Waals surface area contributed by atoms with Gasteiger partial charge in [-0.1, -0.05) is 0 Å². The maximum atomic E-state index is 12.7. The summed E-state index contributed by atoms with van der Waals surface area (Å²) in [5.41, 5.74) is 11.1. The van der Waals surface area contributed by atoms with Gasteiger partial charge in [0.05, 0.1) is 6.10 Å². The Morgan fingerprint density at radius 1 is 1.20 bits per heavy atom. The maximum Gasteiger partial charge on any atom is 0.326 e. The molecule has 1 aliphatic heterocycles. The van der Waals surface area contributed by atoms with Crippen molar-refractivity contribution in [2.75, 3.05) is 18.8 Å². The molecular weight excluding hydrogens is 414 g/mol. The van der Waals surface area contributed by atoms with Crippen LogP contribution in [0.3, 0.4) is 0 Å². The number of carboxylic acids is 1. The second-order valence-electron chi connectivity index (χ2n) is 7.38. The molecule has 11 nitrogen and oxygen atoms in total. The first kappa shape index (κ1) is 26.1. The van der Waals surface area contributed by atoms with Gasteiger partial charge in [0.15, 0.2) is 0 Å². The standard InChI is InChI=1S/C18H33N5O6S/c1-10(24)14(20)17(27)23-8-4-6-13(23)16(26)22-12(9-30)15(25)21-11(18(28)29)5-2-3-7-19/h10-14,24,30H,2-9,19-20H2,1H3,(H,21,25)(H,22,26)(H,28,29)/t10-,11+,12+,13+,14+/m1/s1. The number of carbonyl (C=O) groups excluding carboxylic acids is 3. The van der Waals surface area contributed by atoms with Gasteiger partial charge in [0.2, 0.25) is 17.7 Å². The summed E-state index contributed by atoms with van der Waals surface area (Å²) in [4.78, 5) is 50.3. The Kier molecular flexibility index (Phi) is 11.1. The van der Waals surface area contributed by atoms with Crippen LogP contribution in [0, 0.1) is 0 Å². The van der Waals surface area contributed by atoms with Crippen LogP contribution in [0.4, 0.5) is 0 Å². The van der Waals surface area contributed by atoms with Crippen LogP contribution in [0.25, 0.3) is 0 Å². The highest BCUT2D eigenvalue weighted by Crippen LogP contribution is 2.19. The first-order chi connectivity index (χ1) is 14.1. The molecule has 1 fully saturated rings. The van der Waals surface area contributed by atoms with Crippen molar-refractivity contribution in [2.24, 2.45) is 11.5 Å². The topological polar surface area (TPSA) is 188 Å². The monoisotopic (exact) mass is 447 g/mol. The van der Waals surface area contributed by atoms with Gasteiger partial charge in [-0.25, -0.2) is 4.79 Å². The molecule has 172 valence electrons. The van der Waals surface area contributed by atoms with Gasteiger partial charge in [0.25, 0.3) is 0 Å². The van der Waals surface area contributed by atoms with Crippen molar-refractivity contribution in [3.63, 3.8) is 0 Å². The van der Waals surface area contributed by atoms with Crippen molar-refractivity contribution in [2.45, 2.75) is 69.3 Å². The molecule has 3 amide bonds. The predicted octanol–water partition coefficient (Wildman–Crippen LogP) is -2.20. The number of hydrogen-bond acceptors (Lipinski definition) is 8. The number of likely N-dealkylation sites (tertiary alicyclic amines) is 1. The van der Waals surface area contributed by atoms with Crippen molar-refractivity contribution in [1.82, 2.24) is 15.5 Å². The van der Waals surface area contributed by atoms with Crippen LogP contribution < -0.4 is 22.1 Å². The normalized spacial score (nSPS) is 20.2. The molecule has 0 aromatic carbocycles. The first-order valence-electron chi connectivity index (χ1n) is 10.0. The van der Waals surface area contributed by atoms with Crippen molar-refractivity contribution in [3.8, 4) is 0 Å². The number of hydrogen-bond donors (Lipinski definition) is 7. The molecule has 5 atom stereocenters. The molecule has 1 saturated heterocycles. The molecule has 0 unspecified atom stereocenters. The number of nitrogens with two attached hydrogens (primary N) is 2. The van der Waals surface area contributed by atoms with Gasteiger partial charge in [-0.15, -0.1) is 0 Å². The van der Waals surface area contributed by atoms with Gasteiger partial charge in [-0.3, -0.25) is 14.4 Å². The van der Waals surface area contributed by atoms with Gasteiger partial charge in [-0.05, 0) is 45.6 Å². The van der Waals surface area contributed by atoms with E-state index >= 15 is 0 Å². The van der Waals surface area contributed by atoms with Gasteiger partial charge < -0.3 is 37.2 Å². The summed E-state index contributed by atoms with van der Waals surface area (Å²) in [5, 5.41) is 23.8. The lowest BCUT2D eigenvalue weighted by Gasteiger charge is -2.29. The summed E-state index contributed by atoms with van der Waals surface area (Å²) < 4.78 is 0. The summed E-state index contributed by atoms with van der Waals surface area (Å²) in [6.45, 7) is 2.13. The van der Waals surface area contributed by atoms with Gasteiger partial charge >= 0.3 is 5.97 Å². The number of thiol groups is 1. The van der Waals surface area contributed by atoms with E-state index in [1.54, 1.807) is 0 Å². The number of aliphatic hydroxyl groups is 1. The largest absolute Gasteiger partial charge is 0.480 e. The summed E-state index contributed by atoms with van der Waals surface area (Å²) in [5.74, 6) is -3.00. The van der Waals surface area contributed by atoms with E-state index in [2.05, 4.69) is 23.3 Å². The number of unbranched alkanes of at least 4 members (excludes halogenated alkanes) is 1. The molecule has 0 saturated carbocycles. The van der Waals surface area contributed by atoms with Crippen LogP contribution in [0.2, 0.25) is 0 Å². The van der Waals surface area contributed by atoms with E-state index in [0.717, 1.165) is 0 Å². The second kappa shape index (κ2) is 12.7. The minimum absolute atomic E-state index is 0.0550. The average molecular weight is 448 g/mol. The van der Waals surface area contributed by atoms with Crippen molar-refractivity contribution >= 4 is 36.3 Å². The van der Waals surface area contributed by atoms with E-state index in [-0.39, 0.29) is 12.2 Å². The summed E-state index contributed by atoms with van der Waals surface area (Å²) in [6.07, 6.45) is 1.29. The van der Waals surface area contributed by atoms with E-state index in [9.17, 15) is 29.4 Å². The van der Waals surface area contributed by atoms with Crippen LogP contribution in [-0.4, -0.2) is 87.9 Å². The molecule has 0 spiro atoms. The molecule has 12 heteroatoms. The molecule has 8 N–H and O–H groups in total. The summed E-state index contributed by atoms with van der Waals surface area (Å²) in [7, 11) is 0. The summed E-state index contributed by atoms with van der Waals surface area (Å²) >= 11 is 4.08. The zero-order valence-electron chi connectivity index (χ0n) is 17.1. The molecule has 1 rings (SSSR count). The number of nitrogens with zero attached hydrogens (tertiary/aromatic N) is 1. The number of carbonyl (C=O) groups is 4. The highest BCUT2D eigenvalue weighted by Gasteiger charge is 2.38. The molecule has 0 radical (unpaired) electrons. The van der Waals surface area contributed by atoms with E-state index < -0.39 is 54.0 Å². The van der Waals surface area contributed by atoms with E-state index in [1.807, 2.05) is 0 Å². The van der Waals surface area contributed by atoms with Crippen molar-refractivity contribution in [1.29, 1.82) is 0 Å². The second-order valence-corrected chi connectivity index (χ2v) is 7.75. The van der Waals surface area contributed by atoms with Gasteiger partial charge in [-0.2, -0.15) is 12.6 Å². The van der Waals surface area contributed by atoms with Crippen molar-refractivity contribution < 1.29 is 29.4 Å². The number of aliphatic carboxylic acids is 1. The number of aliphatic hydroxyl groups excluding tert-OH is 1. The summed E-state index contributed by atoms with van der Waals surface area (Å²) in [6, 6.07) is -4.14. The highest BCUT2D eigenvalue weighted by molar-refractivity contribution is 7.80. The minimum atomic E-state index is -1.18. The minimum Gasteiger partial charge on any atom is -0.480 e. The fourth-order valence-corrected chi connectivity index (χ4v) is 3.44. The SMILES string of the molecule is C[C@@H](O)[C@H](N)C(=O)N1CCC[C@H]1C(=O)N[C@@H](CS)C(=O)N[C@@H](CCCCN)C(=O)O. The van der Waals surface area contributed by atoms with E-state index in [4.69, 9.17) is 11.5 Å². The van der Waals surface area contributed by atoms with Crippen LogP contribution in [0.1, 0.15) is 39.0 Å². The Bertz CT molecular complexity index is 620. The zero-order valence-corrected chi connectivity index (χ0v) is 18.0. The van der Waals surface area contributed by atoms with E-state index in [0.29, 0.717) is 38.8 Å². The Labute approximate surface area is 181 Å². The lowest BCUT2D eigenvalue weighted by Crippen LogP contribution is -2.58. The zero-order chi connectivity index (χ0) is 22.8. The highest BCUT2D eigenvalue weighted by atomic mass is 32.1. The molecule has 0 aromatic heterocycles. The molecule has 0 bridgehead atoms. The van der Waals surface area contributed by atoms with Crippen LogP contribution >= 0.6 is 12.6 Å². The Morgan fingerprint density at radius 2 is 1.87 bits per heavy atom. The fourth-order valence-electron chi connectivity index (χ4n) is 3.19. The fraction of sp³-hybridized carbons (Fsp3) is 0.778. The lowest BCUT2D eigenvalue weighted by molar-refractivity contribution is -0.143. The van der Waals surface area contributed by atoms with Gasteiger partial charge in [0.1, 0.15) is 24.2 Å². The Balaban J connectivity index is 2.75. The predicted molar refractivity (Wildman–Crippen MR) is 113 cm³/mol.